The lowest BCUT2D eigenvalue weighted by molar-refractivity contribution is -0.275. The first-order valence-electron chi connectivity index (χ1n) is 4.05. The molecule has 0 saturated heterocycles. The Morgan fingerprint density at radius 3 is 2.53 bits per heavy atom. The highest BCUT2D eigenvalue weighted by molar-refractivity contribution is 5.49. The summed E-state index contributed by atoms with van der Waals surface area (Å²) in [5.74, 6) is -0.451. The quantitative estimate of drug-likeness (QED) is 0.790. The molecule has 0 saturated carbocycles. The molecule has 84 valence electrons. The van der Waals surface area contributed by atoms with E-state index in [0.29, 0.717) is 5.69 Å². The van der Waals surface area contributed by atoms with Gasteiger partial charge in [0.2, 0.25) is 0 Å². The fourth-order valence-corrected chi connectivity index (χ4v) is 1.01. The van der Waals surface area contributed by atoms with Crippen molar-refractivity contribution in [3.8, 4) is 5.75 Å². The zero-order chi connectivity index (χ0) is 11.6. The molecule has 1 aromatic heterocycles. The zero-order valence-corrected chi connectivity index (χ0v) is 7.93. The lowest BCUT2D eigenvalue weighted by Gasteiger charge is -2.13. The molecule has 1 heterocycles. The summed E-state index contributed by atoms with van der Waals surface area (Å²) in [6, 6.07) is 1.07. The van der Waals surface area contributed by atoms with Crippen LogP contribution in [-0.4, -0.2) is 11.3 Å². The Kier molecular flexibility index (Phi) is 3.04. The number of aromatic nitrogens is 1. The number of halogens is 3. The molecule has 0 aliphatic heterocycles. The number of aryl methyl sites for hydroxylation is 1. The summed E-state index contributed by atoms with van der Waals surface area (Å²) >= 11 is 0. The molecule has 4 N–H and O–H groups in total. The Labute approximate surface area is 84.0 Å². The van der Waals surface area contributed by atoms with Gasteiger partial charge in [0, 0.05) is 12.6 Å². The van der Waals surface area contributed by atoms with Gasteiger partial charge in [-0.25, -0.2) is 0 Å². The van der Waals surface area contributed by atoms with Gasteiger partial charge in [0.15, 0.2) is 5.75 Å². The molecule has 15 heavy (non-hydrogen) atoms. The fourth-order valence-electron chi connectivity index (χ4n) is 1.01. The molecule has 1 aromatic rings. The number of hydrogen-bond donors (Lipinski definition) is 2. The standard InChI is InChI=1S/C8H10F3N3O/c1-4-5(13)2-7(6(3-12)14-4)15-8(9,10)11/h2H,3,12-13H2,1H3. The average Bonchev–Trinajstić information content (AvgIpc) is 2.08. The summed E-state index contributed by atoms with van der Waals surface area (Å²) in [5.41, 5.74) is 11.2. The number of alkyl halides is 3. The summed E-state index contributed by atoms with van der Waals surface area (Å²) in [6.45, 7) is 1.43. The highest BCUT2D eigenvalue weighted by Crippen LogP contribution is 2.27. The van der Waals surface area contributed by atoms with Crippen LogP contribution in [0, 0.1) is 6.92 Å². The zero-order valence-electron chi connectivity index (χ0n) is 7.93. The summed E-state index contributed by atoms with van der Waals surface area (Å²) in [7, 11) is 0. The third-order valence-corrected chi connectivity index (χ3v) is 1.71. The molecule has 0 aliphatic rings. The second kappa shape index (κ2) is 3.93. The molecule has 0 unspecified atom stereocenters. The van der Waals surface area contributed by atoms with Crippen LogP contribution in [0.25, 0.3) is 0 Å². The van der Waals surface area contributed by atoms with E-state index in [4.69, 9.17) is 11.5 Å². The molecule has 0 spiro atoms. The molecule has 0 aromatic carbocycles. The largest absolute Gasteiger partial charge is 0.573 e. The minimum atomic E-state index is -4.77. The van der Waals surface area contributed by atoms with E-state index in [9.17, 15) is 13.2 Å². The van der Waals surface area contributed by atoms with Gasteiger partial charge in [0.1, 0.15) is 0 Å². The first-order valence-corrected chi connectivity index (χ1v) is 4.05. The normalized spacial score (nSPS) is 11.5. The van der Waals surface area contributed by atoms with Crippen molar-refractivity contribution < 1.29 is 17.9 Å². The van der Waals surface area contributed by atoms with Crippen molar-refractivity contribution in [2.75, 3.05) is 5.73 Å². The second-order valence-corrected chi connectivity index (χ2v) is 2.86. The predicted molar refractivity (Wildman–Crippen MR) is 48.0 cm³/mol. The summed E-state index contributed by atoms with van der Waals surface area (Å²) in [5, 5.41) is 0. The molecule has 4 nitrogen and oxygen atoms in total. The fraction of sp³-hybridized carbons (Fsp3) is 0.375. The SMILES string of the molecule is Cc1nc(CN)c(OC(F)(F)F)cc1N. The summed E-state index contributed by atoms with van der Waals surface area (Å²) in [4.78, 5) is 3.80. The van der Waals surface area contributed by atoms with Gasteiger partial charge in [-0.05, 0) is 6.92 Å². The second-order valence-electron chi connectivity index (χ2n) is 2.86. The van der Waals surface area contributed by atoms with E-state index < -0.39 is 12.1 Å². The van der Waals surface area contributed by atoms with E-state index in [2.05, 4.69) is 9.72 Å². The van der Waals surface area contributed by atoms with Gasteiger partial charge in [-0.1, -0.05) is 0 Å². The number of nitrogens with two attached hydrogens (primary N) is 2. The van der Waals surface area contributed by atoms with Gasteiger partial charge < -0.3 is 16.2 Å². The third-order valence-electron chi connectivity index (χ3n) is 1.71. The molecule has 0 fully saturated rings. The maximum atomic E-state index is 12.0. The third kappa shape index (κ3) is 2.98. The molecule has 7 heteroatoms. The van der Waals surface area contributed by atoms with Crippen molar-refractivity contribution in [1.29, 1.82) is 0 Å². The van der Waals surface area contributed by atoms with Crippen molar-refractivity contribution in [2.45, 2.75) is 19.8 Å². The van der Waals surface area contributed by atoms with Crippen molar-refractivity contribution in [3.63, 3.8) is 0 Å². The summed E-state index contributed by atoms with van der Waals surface area (Å²) < 4.78 is 39.6. The minimum Gasteiger partial charge on any atom is -0.404 e. The molecule has 1 rings (SSSR count). The van der Waals surface area contributed by atoms with Crippen LogP contribution in [0.5, 0.6) is 5.75 Å². The van der Waals surface area contributed by atoms with Gasteiger partial charge in [-0.3, -0.25) is 4.98 Å². The van der Waals surface area contributed by atoms with Crippen LogP contribution in [0.3, 0.4) is 0 Å². The monoisotopic (exact) mass is 221 g/mol. The van der Waals surface area contributed by atoms with Gasteiger partial charge in [-0.2, -0.15) is 0 Å². The first-order chi connectivity index (χ1) is 6.83. The minimum absolute atomic E-state index is 0.0269. The van der Waals surface area contributed by atoms with Crippen molar-refractivity contribution in [2.24, 2.45) is 5.73 Å². The van der Waals surface area contributed by atoms with Crippen LogP contribution in [0.2, 0.25) is 0 Å². The average molecular weight is 221 g/mol. The maximum absolute atomic E-state index is 12.0. The molecule has 0 bridgehead atoms. The molecule has 0 atom stereocenters. The lowest BCUT2D eigenvalue weighted by Crippen LogP contribution is -2.19. The Morgan fingerprint density at radius 2 is 2.07 bits per heavy atom. The van der Waals surface area contributed by atoms with E-state index in [1.165, 1.54) is 0 Å². The smallest absolute Gasteiger partial charge is 0.404 e. The molecule has 0 aliphatic carbocycles. The van der Waals surface area contributed by atoms with E-state index in [-0.39, 0.29) is 17.9 Å². The van der Waals surface area contributed by atoms with E-state index in [1.807, 2.05) is 0 Å². The molecule has 0 amide bonds. The topological polar surface area (TPSA) is 74.2 Å². The van der Waals surface area contributed by atoms with Crippen LogP contribution in [0.4, 0.5) is 18.9 Å². The Balaban J connectivity index is 3.11. The van der Waals surface area contributed by atoms with Crippen LogP contribution < -0.4 is 16.2 Å². The van der Waals surface area contributed by atoms with E-state index >= 15 is 0 Å². The summed E-state index contributed by atoms with van der Waals surface area (Å²) in [6.07, 6.45) is -4.77. The van der Waals surface area contributed by atoms with E-state index in [1.54, 1.807) is 6.92 Å². The maximum Gasteiger partial charge on any atom is 0.573 e. The number of rotatable bonds is 2. The van der Waals surface area contributed by atoms with Gasteiger partial charge in [-0.15, -0.1) is 13.2 Å². The van der Waals surface area contributed by atoms with Gasteiger partial charge in [0.05, 0.1) is 17.1 Å². The lowest BCUT2D eigenvalue weighted by atomic mass is 10.2. The number of nitrogens with zero attached hydrogens (tertiary/aromatic N) is 1. The van der Waals surface area contributed by atoms with Crippen LogP contribution in [0.15, 0.2) is 6.07 Å². The number of hydrogen-bond acceptors (Lipinski definition) is 4. The van der Waals surface area contributed by atoms with Crippen molar-refractivity contribution in [1.82, 2.24) is 4.98 Å². The van der Waals surface area contributed by atoms with Gasteiger partial charge >= 0.3 is 6.36 Å². The number of nitrogen functional groups attached to an aromatic ring is 1. The molecular formula is C8H10F3N3O. The highest BCUT2D eigenvalue weighted by Gasteiger charge is 2.32. The predicted octanol–water partition coefficient (Wildman–Crippen LogP) is 1.33. The highest BCUT2D eigenvalue weighted by atomic mass is 19.4. The number of ether oxygens (including phenoxy) is 1. The number of pyridine rings is 1. The van der Waals surface area contributed by atoms with Crippen LogP contribution in [0.1, 0.15) is 11.4 Å². The Morgan fingerprint density at radius 1 is 1.47 bits per heavy atom. The van der Waals surface area contributed by atoms with Crippen molar-refractivity contribution >= 4 is 5.69 Å². The van der Waals surface area contributed by atoms with Crippen molar-refractivity contribution in [3.05, 3.63) is 17.5 Å². The van der Waals surface area contributed by atoms with E-state index in [0.717, 1.165) is 6.07 Å². The molecular weight excluding hydrogens is 211 g/mol. The van der Waals surface area contributed by atoms with Gasteiger partial charge in [0.25, 0.3) is 0 Å². The van der Waals surface area contributed by atoms with Crippen LogP contribution in [-0.2, 0) is 6.54 Å². The first kappa shape index (κ1) is 11.6. The Bertz CT molecular complexity index is 365. The van der Waals surface area contributed by atoms with Crippen LogP contribution >= 0.6 is 0 Å². The number of anilines is 1. The molecule has 0 radical (unpaired) electrons. The Hall–Kier alpha value is -1.50.